The molecule has 3 heterocycles. The summed E-state index contributed by atoms with van der Waals surface area (Å²) in [6.45, 7) is 5.66. The maximum Gasteiger partial charge on any atom is 0.183 e. The fraction of sp³-hybridized carbons (Fsp3) is 0.316. The smallest absolute Gasteiger partial charge is 0.183 e. The molecule has 0 fully saturated rings. The number of hydrogen-bond donors (Lipinski definition) is 2. The van der Waals surface area contributed by atoms with Gasteiger partial charge in [0.25, 0.3) is 0 Å². The van der Waals surface area contributed by atoms with Crippen LogP contribution in [-0.4, -0.2) is 30.6 Å². The molecule has 134 valence electrons. The summed E-state index contributed by atoms with van der Waals surface area (Å²) in [7, 11) is 0. The number of nitrogens with one attached hydrogen (secondary N) is 2. The van der Waals surface area contributed by atoms with Gasteiger partial charge in [-0.3, -0.25) is 9.78 Å². The number of aromatic nitrogens is 5. The molecule has 26 heavy (non-hydrogen) atoms. The maximum absolute atomic E-state index is 14.4. The molecule has 7 heteroatoms. The fourth-order valence-corrected chi connectivity index (χ4v) is 3.05. The third kappa shape index (κ3) is 2.89. The van der Waals surface area contributed by atoms with Crippen molar-refractivity contribution in [3.05, 3.63) is 42.2 Å². The van der Waals surface area contributed by atoms with Crippen molar-refractivity contribution in [2.75, 3.05) is 5.32 Å². The van der Waals surface area contributed by atoms with Gasteiger partial charge in [0.1, 0.15) is 11.5 Å². The Hall–Kier alpha value is -2.96. The molecule has 1 unspecified atom stereocenters. The highest BCUT2D eigenvalue weighted by atomic mass is 19.1. The minimum atomic E-state index is -1.27. The predicted molar refractivity (Wildman–Crippen MR) is 101 cm³/mol. The van der Waals surface area contributed by atoms with E-state index in [0.29, 0.717) is 12.1 Å². The van der Waals surface area contributed by atoms with Crippen LogP contribution in [0.4, 0.5) is 15.9 Å². The first-order valence-electron chi connectivity index (χ1n) is 8.69. The zero-order chi connectivity index (χ0) is 18.3. The number of fused-ring (bicyclic) bond motifs is 2. The van der Waals surface area contributed by atoms with Gasteiger partial charge in [-0.05, 0) is 50.6 Å². The van der Waals surface area contributed by atoms with Crippen molar-refractivity contribution in [2.24, 2.45) is 0 Å². The summed E-state index contributed by atoms with van der Waals surface area (Å²) in [4.78, 5) is 4.22. The van der Waals surface area contributed by atoms with Gasteiger partial charge < -0.3 is 5.32 Å². The number of aryl methyl sites for hydroxylation is 1. The molecule has 4 rings (SSSR count). The number of nitrogens with zero attached hydrogens (tertiary/aromatic N) is 4. The van der Waals surface area contributed by atoms with Gasteiger partial charge in [0.15, 0.2) is 5.65 Å². The van der Waals surface area contributed by atoms with Crippen LogP contribution in [-0.2, 0) is 6.54 Å². The normalized spacial score (nSPS) is 14.0. The number of pyridine rings is 1. The summed E-state index contributed by atoms with van der Waals surface area (Å²) in [5, 5.41) is 17.0. The van der Waals surface area contributed by atoms with Gasteiger partial charge in [-0.25, -0.2) is 9.37 Å². The molecule has 0 amide bonds. The van der Waals surface area contributed by atoms with E-state index in [1.165, 1.54) is 0 Å². The first-order chi connectivity index (χ1) is 12.5. The van der Waals surface area contributed by atoms with Crippen LogP contribution >= 0.6 is 0 Å². The van der Waals surface area contributed by atoms with Gasteiger partial charge in [-0.2, -0.15) is 10.2 Å². The van der Waals surface area contributed by atoms with Crippen molar-refractivity contribution in [2.45, 2.75) is 39.4 Å². The van der Waals surface area contributed by atoms with Crippen molar-refractivity contribution in [3.8, 4) is 0 Å². The molecule has 0 aliphatic heterocycles. The van der Waals surface area contributed by atoms with Crippen LogP contribution in [0.2, 0.25) is 0 Å². The molecule has 1 aromatic carbocycles. The zero-order valence-electron chi connectivity index (χ0n) is 15.0. The highest BCUT2D eigenvalue weighted by Gasteiger charge is 2.23. The van der Waals surface area contributed by atoms with Gasteiger partial charge in [0.2, 0.25) is 0 Å². The lowest BCUT2D eigenvalue weighted by molar-refractivity contribution is 0.151. The Balaban J connectivity index is 1.69. The fourth-order valence-electron chi connectivity index (χ4n) is 3.05. The van der Waals surface area contributed by atoms with Gasteiger partial charge in [-0.1, -0.05) is 6.92 Å². The number of aromatic amines is 1. The van der Waals surface area contributed by atoms with E-state index in [-0.39, 0.29) is 6.54 Å². The number of benzene rings is 1. The lowest BCUT2D eigenvalue weighted by Gasteiger charge is -2.18. The summed E-state index contributed by atoms with van der Waals surface area (Å²) in [5.41, 5.74) is 2.12. The van der Waals surface area contributed by atoms with E-state index >= 15 is 0 Å². The molecule has 3 aromatic heterocycles. The summed E-state index contributed by atoms with van der Waals surface area (Å²) >= 11 is 0. The number of halogens is 1. The van der Waals surface area contributed by atoms with E-state index < -0.39 is 5.67 Å². The quantitative estimate of drug-likeness (QED) is 0.555. The molecule has 1 atom stereocenters. The van der Waals surface area contributed by atoms with Crippen LogP contribution in [0.5, 0.6) is 0 Å². The van der Waals surface area contributed by atoms with Crippen molar-refractivity contribution in [1.82, 2.24) is 25.0 Å². The topological polar surface area (TPSA) is 71.4 Å². The number of H-pyrrole nitrogens is 1. The Labute approximate surface area is 150 Å². The van der Waals surface area contributed by atoms with Gasteiger partial charge in [-0.15, -0.1) is 0 Å². The number of rotatable bonds is 5. The van der Waals surface area contributed by atoms with Crippen LogP contribution < -0.4 is 5.32 Å². The Morgan fingerprint density at radius 2 is 2.12 bits per heavy atom. The maximum atomic E-state index is 14.4. The monoisotopic (exact) mass is 352 g/mol. The van der Waals surface area contributed by atoms with Crippen molar-refractivity contribution in [3.63, 3.8) is 0 Å². The molecule has 0 radical (unpaired) electrons. The third-order valence-electron chi connectivity index (χ3n) is 4.75. The van der Waals surface area contributed by atoms with E-state index in [9.17, 15) is 4.39 Å². The van der Waals surface area contributed by atoms with Gasteiger partial charge >= 0.3 is 0 Å². The second kappa shape index (κ2) is 6.09. The first kappa shape index (κ1) is 16.5. The van der Waals surface area contributed by atoms with E-state index in [0.717, 1.165) is 33.5 Å². The van der Waals surface area contributed by atoms with Gasteiger partial charge in [0, 0.05) is 17.3 Å². The standard InChI is InChI=1S/C19H21FN6/c1-4-19(3,20)11-26-16-8-7-13(10-15(16)12(2)25-26)22-18-14-6-5-9-21-17(14)23-24-18/h5-10H,4,11H2,1-3H3,(H2,21,22,23,24). The SMILES string of the molecule is CCC(C)(F)Cn1nc(C)c2cc(Nc3[nH]nc4ncccc34)ccc21. The molecule has 0 bridgehead atoms. The Morgan fingerprint density at radius 1 is 1.27 bits per heavy atom. The first-order valence-corrected chi connectivity index (χ1v) is 8.69. The third-order valence-corrected chi connectivity index (χ3v) is 4.75. The lowest BCUT2D eigenvalue weighted by atomic mass is 10.1. The van der Waals surface area contributed by atoms with Crippen LogP contribution in [0.3, 0.4) is 0 Å². The molecule has 4 aromatic rings. The summed E-state index contributed by atoms with van der Waals surface area (Å²) < 4.78 is 16.2. The summed E-state index contributed by atoms with van der Waals surface area (Å²) in [6.07, 6.45) is 2.17. The van der Waals surface area contributed by atoms with E-state index in [2.05, 4.69) is 25.6 Å². The van der Waals surface area contributed by atoms with Crippen LogP contribution in [0.15, 0.2) is 36.5 Å². The lowest BCUT2D eigenvalue weighted by Crippen LogP contribution is -2.24. The largest absolute Gasteiger partial charge is 0.340 e. The second-order valence-electron chi connectivity index (χ2n) is 6.84. The Kier molecular flexibility index (Phi) is 3.86. The summed E-state index contributed by atoms with van der Waals surface area (Å²) in [5.74, 6) is 0.791. The molecular weight excluding hydrogens is 331 g/mol. The average molecular weight is 352 g/mol. The van der Waals surface area contributed by atoms with Gasteiger partial charge in [0.05, 0.1) is 23.1 Å². The number of alkyl halides is 1. The van der Waals surface area contributed by atoms with E-state index in [1.807, 2.05) is 44.2 Å². The number of hydrogen-bond acceptors (Lipinski definition) is 4. The summed E-state index contributed by atoms with van der Waals surface area (Å²) in [6, 6.07) is 9.80. The van der Waals surface area contributed by atoms with E-state index in [1.54, 1.807) is 17.8 Å². The minimum absolute atomic E-state index is 0.247. The van der Waals surface area contributed by atoms with Crippen molar-refractivity contribution < 1.29 is 4.39 Å². The van der Waals surface area contributed by atoms with Crippen molar-refractivity contribution in [1.29, 1.82) is 0 Å². The molecule has 6 nitrogen and oxygen atoms in total. The highest BCUT2D eigenvalue weighted by molar-refractivity contribution is 5.91. The Morgan fingerprint density at radius 3 is 2.92 bits per heavy atom. The predicted octanol–water partition coefficient (Wildman–Crippen LogP) is 4.50. The van der Waals surface area contributed by atoms with Crippen LogP contribution in [0, 0.1) is 6.92 Å². The minimum Gasteiger partial charge on any atom is -0.340 e. The zero-order valence-corrected chi connectivity index (χ0v) is 15.0. The second-order valence-corrected chi connectivity index (χ2v) is 6.84. The number of anilines is 2. The molecule has 0 saturated carbocycles. The Bertz CT molecular complexity index is 1080. The highest BCUT2D eigenvalue weighted by Crippen LogP contribution is 2.28. The molecular formula is C19H21FN6. The van der Waals surface area contributed by atoms with Crippen LogP contribution in [0.25, 0.3) is 21.9 Å². The molecule has 0 aliphatic carbocycles. The molecule has 0 aliphatic rings. The van der Waals surface area contributed by atoms with Crippen LogP contribution in [0.1, 0.15) is 26.0 Å². The van der Waals surface area contributed by atoms with E-state index in [4.69, 9.17) is 0 Å². The molecule has 2 N–H and O–H groups in total. The average Bonchev–Trinajstić information content (AvgIpc) is 3.17. The molecule has 0 spiro atoms. The van der Waals surface area contributed by atoms with Crippen molar-refractivity contribution >= 4 is 33.4 Å². The molecule has 0 saturated heterocycles.